The SMILES string of the molecule is COc1cccc(CCC(=O)C(C)C)n1. The van der Waals surface area contributed by atoms with Crippen LogP contribution in [0.5, 0.6) is 5.88 Å². The molecule has 0 aliphatic heterocycles. The van der Waals surface area contributed by atoms with Crippen LogP contribution >= 0.6 is 0 Å². The Morgan fingerprint density at radius 1 is 1.47 bits per heavy atom. The van der Waals surface area contributed by atoms with Crippen LogP contribution in [0.15, 0.2) is 18.2 Å². The first kappa shape index (κ1) is 11.7. The van der Waals surface area contributed by atoms with E-state index in [2.05, 4.69) is 4.98 Å². The number of rotatable bonds is 5. The first-order valence-corrected chi connectivity index (χ1v) is 5.16. The highest BCUT2D eigenvalue weighted by Crippen LogP contribution is 2.09. The van der Waals surface area contributed by atoms with Crippen LogP contribution < -0.4 is 4.74 Å². The maximum absolute atomic E-state index is 11.4. The van der Waals surface area contributed by atoms with E-state index < -0.39 is 0 Å². The highest BCUT2D eigenvalue weighted by molar-refractivity contribution is 5.80. The molecule has 3 heteroatoms. The molecule has 0 aliphatic rings. The van der Waals surface area contributed by atoms with Crippen molar-refractivity contribution in [3.05, 3.63) is 23.9 Å². The zero-order chi connectivity index (χ0) is 11.3. The number of aromatic nitrogens is 1. The number of hydrogen-bond acceptors (Lipinski definition) is 3. The van der Waals surface area contributed by atoms with E-state index in [1.807, 2.05) is 26.0 Å². The Labute approximate surface area is 90.5 Å². The van der Waals surface area contributed by atoms with Crippen LogP contribution in [0.1, 0.15) is 26.0 Å². The van der Waals surface area contributed by atoms with E-state index in [1.54, 1.807) is 13.2 Å². The van der Waals surface area contributed by atoms with Crippen molar-refractivity contribution in [3.63, 3.8) is 0 Å². The molecule has 15 heavy (non-hydrogen) atoms. The molecule has 0 unspecified atom stereocenters. The number of carbonyl (C=O) groups is 1. The second-order valence-electron chi connectivity index (χ2n) is 3.79. The summed E-state index contributed by atoms with van der Waals surface area (Å²) in [4.78, 5) is 15.7. The highest BCUT2D eigenvalue weighted by atomic mass is 16.5. The lowest BCUT2D eigenvalue weighted by atomic mass is 10.0. The standard InChI is InChI=1S/C12H17NO2/c1-9(2)11(14)8-7-10-5-4-6-12(13-10)15-3/h4-6,9H,7-8H2,1-3H3. The van der Waals surface area contributed by atoms with Gasteiger partial charge in [-0.05, 0) is 12.5 Å². The van der Waals surface area contributed by atoms with Crippen molar-refractivity contribution in [2.24, 2.45) is 5.92 Å². The summed E-state index contributed by atoms with van der Waals surface area (Å²) in [5, 5.41) is 0. The first-order valence-electron chi connectivity index (χ1n) is 5.16. The number of nitrogens with zero attached hydrogens (tertiary/aromatic N) is 1. The summed E-state index contributed by atoms with van der Waals surface area (Å²) in [5.74, 6) is 0.986. The van der Waals surface area contributed by atoms with Crippen LogP contribution in [0.3, 0.4) is 0 Å². The monoisotopic (exact) mass is 207 g/mol. The van der Waals surface area contributed by atoms with Crippen molar-refractivity contribution in [3.8, 4) is 5.88 Å². The van der Waals surface area contributed by atoms with E-state index in [4.69, 9.17) is 4.74 Å². The Bertz CT molecular complexity index is 334. The van der Waals surface area contributed by atoms with E-state index in [9.17, 15) is 4.79 Å². The molecule has 0 radical (unpaired) electrons. The maximum atomic E-state index is 11.4. The van der Waals surface area contributed by atoms with E-state index in [0.717, 1.165) is 5.69 Å². The Morgan fingerprint density at radius 2 is 2.20 bits per heavy atom. The van der Waals surface area contributed by atoms with Gasteiger partial charge in [0.05, 0.1) is 7.11 Å². The molecule has 1 aromatic rings. The van der Waals surface area contributed by atoms with Crippen LogP contribution in [-0.2, 0) is 11.2 Å². The van der Waals surface area contributed by atoms with Gasteiger partial charge in [0.25, 0.3) is 0 Å². The summed E-state index contributed by atoms with van der Waals surface area (Å²) >= 11 is 0. The zero-order valence-corrected chi connectivity index (χ0v) is 9.49. The van der Waals surface area contributed by atoms with Crippen LogP contribution in [0.25, 0.3) is 0 Å². The molecule has 0 bridgehead atoms. The third kappa shape index (κ3) is 3.70. The van der Waals surface area contributed by atoms with Gasteiger partial charge in [-0.3, -0.25) is 4.79 Å². The Kier molecular flexibility index (Phi) is 4.28. The summed E-state index contributed by atoms with van der Waals surface area (Å²) in [6.45, 7) is 3.84. The molecule has 1 rings (SSSR count). The number of pyridine rings is 1. The Balaban J connectivity index is 2.54. The van der Waals surface area contributed by atoms with Gasteiger partial charge in [-0.1, -0.05) is 19.9 Å². The summed E-state index contributed by atoms with van der Waals surface area (Å²) < 4.78 is 5.01. The molecule has 0 N–H and O–H groups in total. The largest absolute Gasteiger partial charge is 0.481 e. The summed E-state index contributed by atoms with van der Waals surface area (Å²) in [7, 11) is 1.59. The van der Waals surface area contributed by atoms with Gasteiger partial charge in [0, 0.05) is 24.1 Å². The van der Waals surface area contributed by atoms with Crippen molar-refractivity contribution in [2.45, 2.75) is 26.7 Å². The average molecular weight is 207 g/mol. The molecule has 1 aromatic heterocycles. The lowest BCUT2D eigenvalue weighted by molar-refractivity contribution is -0.121. The van der Waals surface area contributed by atoms with Gasteiger partial charge in [-0.25, -0.2) is 4.98 Å². The van der Waals surface area contributed by atoms with Crippen LogP contribution in [-0.4, -0.2) is 17.9 Å². The number of aryl methyl sites for hydroxylation is 1. The molecule has 0 aromatic carbocycles. The molecule has 3 nitrogen and oxygen atoms in total. The van der Waals surface area contributed by atoms with Gasteiger partial charge in [-0.15, -0.1) is 0 Å². The third-order valence-electron chi connectivity index (χ3n) is 2.26. The third-order valence-corrected chi connectivity index (χ3v) is 2.26. The second kappa shape index (κ2) is 5.49. The molecule has 1 heterocycles. The van der Waals surface area contributed by atoms with Gasteiger partial charge in [0.2, 0.25) is 5.88 Å². The van der Waals surface area contributed by atoms with Gasteiger partial charge in [-0.2, -0.15) is 0 Å². The van der Waals surface area contributed by atoms with E-state index >= 15 is 0 Å². The minimum absolute atomic E-state index is 0.107. The Morgan fingerprint density at radius 3 is 2.80 bits per heavy atom. The number of ketones is 1. The fourth-order valence-corrected chi connectivity index (χ4v) is 1.25. The Hall–Kier alpha value is -1.38. The van der Waals surface area contributed by atoms with Crippen LogP contribution in [0.4, 0.5) is 0 Å². The quantitative estimate of drug-likeness (QED) is 0.743. The van der Waals surface area contributed by atoms with E-state index in [1.165, 1.54) is 0 Å². The smallest absolute Gasteiger partial charge is 0.213 e. The van der Waals surface area contributed by atoms with Crippen LogP contribution in [0.2, 0.25) is 0 Å². The summed E-state index contributed by atoms with van der Waals surface area (Å²) in [6.07, 6.45) is 1.24. The molecule has 0 saturated carbocycles. The molecule has 0 fully saturated rings. The molecular weight excluding hydrogens is 190 g/mol. The van der Waals surface area contributed by atoms with E-state index in [-0.39, 0.29) is 11.7 Å². The van der Waals surface area contributed by atoms with Gasteiger partial charge in [0.15, 0.2) is 0 Å². The van der Waals surface area contributed by atoms with Gasteiger partial charge in [0.1, 0.15) is 5.78 Å². The van der Waals surface area contributed by atoms with Gasteiger partial charge < -0.3 is 4.74 Å². The van der Waals surface area contributed by atoms with Gasteiger partial charge >= 0.3 is 0 Å². The van der Waals surface area contributed by atoms with Crippen molar-refractivity contribution in [2.75, 3.05) is 7.11 Å². The van der Waals surface area contributed by atoms with Crippen LogP contribution in [0, 0.1) is 5.92 Å². The number of hydrogen-bond donors (Lipinski definition) is 0. The van der Waals surface area contributed by atoms with Crippen molar-refractivity contribution >= 4 is 5.78 Å². The summed E-state index contributed by atoms with van der Waals surface area (Å²) in [5.41, 5.74) is 0.906. The predicted octanol–water partition coefficient (Wildman–Crippen LogP) is 2.25. The minimum Gasteiger partial charge on any atom is -0.481 e. The maximum Gasteiger partial charge on any atom is 0.213 e. The average Bonchev–Trinajstić information content (AvgIpc) is 2.26. The lowest BCUT2D eigenvalue weighted by Gasteiger charge is -2.04. The number of carbonyl (C=O) groups excluding carboxylic acids is 1. The second-order valence-corrected chi connectivity index (χ2v) is 3.79. The van der Waals surface area contributed by atoms with Crippen molar-refractivity contribution in [1.29, 1.82) is 0 Å². The van der Waals surface area contributed by atoms with E-state index in [0.29, 0.717) is 18.7 Å². The number of Topliss-reactive ketones (excluding diaryl/α,β-unsaturated/α-hetero) is 1. The molecule has 82 valence electrons. The molecular formula is C12H17NO2. The fraction of sp³-hybridized carbons (Fsp3) is 0.500. The van der Waals surface area contributed by atoms with Crippen molar-refractivity contribution in [1.82, 2.24) is 4.98 Å². The number of methoxy groups -OCH3 is 1. The normalized spacial score (nSPS) is 10.4. The fourth-order valence-electron chi connectivity index (χ4n) is 1.25. The molecule has 0 amide bonds. The summed E-state index contributed by atoms with van der Waals surface area (Å²) in [6, 6.07) is 5.60. The predicted molar refractivity (Wildman–Crippen MR) is 59.0 cm³/mol. The van der Waals surface area contributed by atoms with Crippen molar-refractivity contribution < 1.29 is 9.53 Å². The first-order chi connectivity index (χ1) is 7.13. The zero-order valence-electron chi connectivity index (χ0n) is 9.49. The number of ether oxygens (including phenoxy) is 1. The minimum atomic E-state index is 0.107. The highest BCUT2D eigenvalue weighted by Gasteiger charge is 2.07. The topological polar surface area (TPSA) is 39.2 Å². The molecule has 0 atom stereocenters. The molecule has 0 aliphatic carbocycles. The lowest BCUT2D eigenvalue weighted by Crippen LogP contribution is -2.08. The molecule has 0 saturated heterocycles. The molecule has 0 spiro atoms.